The first-order valence-corrected chi connectivity index (χ1v) is 6.30. The van der Waals surface area contributed by atoms with Crippen LogP contribution in [0.25, 0.3) is 0 Å². The number of nitrogen functional groups attached to an aromatic ring is 1. The van der Waals surface area contributed by atoms with Crippen molar-refractivity contribution in [2.45, 2.75) is 17.6 Å². The smallest absolute Gasteiger partial charge is 0.297 e. The molecule has 0 fully saturated rings. The van der Waals surface area contributed by atoms with E-state index in [0.717, 1.165) is 17.1 Å². The molecule has 0 bridgehead atoms. The number of nitrogens with zero attached hydrogens (tertiary/aromatic N) is 3. The van der Waals surface area contributed by atoms with Crippen molar-refractivity contribution in [1.82, 2.24) is 9.97 Å². The fourth-order valence-electron chi connectivity index (χ4n) is 1.43. The van der Waals surface area contributed by atoms with Gasteiger partial charge >= 0.3 is 0 Å². The molecule has 0 aliphatic heterocycles. The van der Waals surface area contributed by atoms with E-state index >= 15 is 0 Å². The third-order valence-electron chi connectivity index (χ3n) is 2.52. The first-order chi connectivity index (χ1) is 8.16. The van der Waals surface area contributed by atoms with Crippen LogP contribution in [0.15, 0.2) is 35.6 Å². The number of nitrogens with two attached hydrogens (primary N) is 1. The summed E-state index contributed by atoms with van der Waals surface area (Å²) in [6.45, 7) is 1.94. The van der Waals surface area contributed by atoms with Gasteiger partial charge in [-0.3, -0.25) is 4.98 Å². The Hall–Kier alpha value is -1.62. The Morgan fingerprint density at radius 2 is 2.06 bits per heavy atom. The van der Waals surface area contributed by atoms with Crippen LogP contribution in [0.3, 0.4) is 0 Å². The van der Waals surface area contributed by atoms with Crippen LogP contribution in [0.2, 0.25) is 0 Å². The Bertz CT molecular complexity index is 513. The normalized spacial score (nSPS) is 10.5. The van der Waals surface area contributed by atoms with Crippen molar-refractivity contribution in [3.05, 3.63) is 42.1 Å². The van der Waals surface area contributed by atoms with Crippen LogP contribution in [-0.4, -0.2) is 9.97 Å². The van der Waals surface area contributed by atoms with Gasteiger partial charge in [-0.05, 0) is 17.1 Å². The SMILES string of the molecule is Cc1nc(N)c(CSc2ccncc2)c[n+]1C. The summed E-state index contributed by atoms with van der Waals surface area (Å²) in [4.78, 5) is 9.47. The Balaban J connectivity index is 2.12. The number of rotatable bonds is 3. The summed E-state index contributed by atoms with van der Waals surface area (Å²) < 4.78 is 1.98. The molecule has 17 heavy (non-hydrogen) atoms. The average molecular weight is 247 g/mol. The van der Waals surface area contributed by atoms with Crippen LogP contribution in [0.1, 0.15) is 11.4 Å². The second-order valence-corrected chi connectivity index (χ2v) is 4.83. The van der Waals surface area contributed by atoms with Crippen LogP contribution < -0.4 is 10.3 Å². The lowest BCUT2D eigenvalue weighted by atomic mass is 10.3. The quantitative estimate of drug-likeness (QED) is 0.659. The maximum Gasteiger partial charge on any atom is 0.297 e. The van der Waals surface area contributed by atoms with Crippen LogP contribution >= 0.6 is 11.8 Å². The third kappa shape index (κ3) is 2.94. The molecular weight excluding hydrogens is 232 g/mol. The molecule has 0 saturated heterocycles. The Kier molecular flexibility index (Phi) is 3.58. The highest BCUT2D eigenvalue weighted by Gasteiger charge is 2.12. The number of pyridine rings is 1. The summed E-state index contributed by atoms with van der Waals surface area (Å²) in [6.07, 6.45) is 5.62. The summed E-state index contributed by atoms with van der Waals surface area (Å²) >= 11 is 1.73. The maximum atomic E-state index is 5.90. The first kappa shape index (κ1) is 11.9. The predicted molar refractivity (Wildman–Crippen MR) is 68.4 cm³/mol. The summed E-state index contributed by atoms with van der Waals surface area (Å²) in [5.41, 5.74) is 6.96. The van der Waals surface area contributed by atoms with Gasteiger partial charge in [-0.2, -0.15) is 0 Å². The Morgan fingerprint density at radius 1 is 1.35 bits per heavy atom. The zero-order valence-electron chi connectivity index (χ0n) is 9.92. The first-order valence-electron chi connectivity index (χ1n) is 5.31. The molecule has 2 heterocycles. The van der Waals surface area contributed by atoms with Gasteiger partial charge < -0.3 is 5.73 Å². The minimum atomic E-state index is 0.613. The van der Waals surface area contributed by atoms with Gasteiger partial charge in [0.05, 0.1) is 12.6 Å². The highest BCUT2D eigenvalue weighted by Crippen LogP contribution is 2.23. The van der Waals surface area contributed by atoms with E-state index < -0.39 is 0 Å². The van der Waals surface area contributed by atoms with Crippen LogP contribution in [0, 0.1) is 6.92 Å². The van der Waals surface area contributed by atoms with E-state index in [1.165, 1.54) is 4.90 Å². The van der Waals surface area contributed by atoms with Crippen LogP contribution in [0.5, 0.6) is 0 Å². The van der Waals surface area contributed by atoms with Gasteiger partial charge in [0.1, 0.15) is 6.20 Å². The molecule has 0 radical (unpaired) electrons. The average Bonchev–Trinajstić information content (AvgIpc) is 2.33. The predicted octanol–water partition coefficient (Wildman–Crippen LogP) is 1.48. The second kappa shape index (κ2) is 5.14. The second-order valence-electron chi connectivity index (χ2n) is 3.78. The molecule has 88 valence electrons. The third-order valence-corrected chi connectivity index (χ3v) is 3.58. The Morgan fingerprint density at radius 3 is 2.76 bits per heavy atom. The minimum Gasteiger partial charge on any atom is -0.363 e. The summed E-state index contributed by atoms with van der Waals surface area (Å²) in [6, 6.07) is 3.98. The molecule has 2 rings (SSSR count). The molecule has 0 atom stereocenters. The molecule has 0 aliphatic carbocycles. The number of anilines is 1. The fourth-order valence-corrected chi connectivity index (χ4v) is 2.28. The number of hydrogen-bond acceptors (Lipinski definition) is 4. The standard InChI is InChI=1S/C12H14N4S/c1-9-15-12(13)10(7-16(9)2)8-17-11-3-5-14-6-4-11/h3-7,13H,8H2,1-2H3/p+1. The van der Waals surface area contributed by atoms with Crippen molar-refractivity contribution in [3.63, 3.8) is 0 Å². The van der Waals surface area contributed by atoms with E-state index in [9.17, 15) is 0 Å². The van der Waals surface area contributed by atoms with Crippen LogP contribution in [-0.2, 0) is 12.8 Å². The maximum absolute atomic E-state index is 5.90. The summed E-state index contributed by atoms with van der Waals surface area (Å²) in [5, 5.41) is 0. The van der Waals surface area contributed by atoms with Crippen molar-refractivity contribution in [2.24, 2.45) is 7.05 Å². The molecular formula is C12H15N4S+. The largest absolute Gasteiger partial charge is 0.363 e. The lowest BCUT2D eigenvalue weighted by Crippen LogP contribution is -2.34. The van der Waals surface area contributed by atoms with Crippen molar-refractivity contribution in [1.29, 1.82) is 0 Å². The molecule has 4 nitrogen and oxygen atoms in total. The summed E-state index contributed by atoms with van der Waals surface area (Å²) in [7, 11) is 1.97. The highest BCUT2D eigenvalue weighted by molar-refractivity contribution is 7.98. The van der Waals surface area contributed by atoms with E-state index in [2.05, 4.69) is 9.97 Å². The summed E-state index contributed by atoms with van der Waals surface area (Å²) in [5.74, 6) is 2.35. The van der Waals surface area contributed by atoms with Gasteiger partial charge in [0.25, 0.3) is 5.82 Å². The van der Waals surface area contributed by atoms with E-state index in [1.807, 2.05) is 36.9 Å². The van der Waals surface area contributed by atoms with Gasteiger partial charge in [0.15, 0.2) is 0 Å². The number of aromatic nitrogens is 3. The number of thioether (sulfide) groups is 1. The van der Waals surface area contributed by atoms with Gasteiger partial charge in [-0.1, -0.05) is 0 Å². The van der Waals surface area contributed by atoms with E-state index in [4.69, 9.17) is 5.73 Å². The zero-order chi connectivity index (χ0) is 12.3. The topological polar surface area (TPSA) is 55.7 Å². The van der Waals surface area contributed by atoms with Crippen molar-refractivity contribution in [3.8, 4) is 0 Å². The van der Waals surface area contributed by atoms with Crippen molar-refractivity contribution >= 4 is 17.6 Å². The van der Waals surface area contributed by atoms with Crippen LogP contribution in [0.4, 0.5) is 5.82 Å². The molecule has 5 heteroatoms. The molecule has 0 aromatic carbocycles. The molecule has 2 N–H and O–H groups in total. The van der Waals surface area contributed by atoms with Crippen molar-refractivity contribution in [2.75, 3.05) is 5.73 Å². The molecule has 0 saturated carbocycles. The molecule has 0 spiro atoms. The Labute approximate surface area is 105 Å². The number of aryl methyl sites for hydroxylation is 2. The fraction of sp³-hybridized carbons (Fsp3) is 0.250. The molecule has 0 aliphatic rings. The lowest BCUT2D eigenvalue weighted by molar-refractivity contribution is -0.681. The van der Waals surface area contributed by atoms with Gasteiger partial charge in [0.2, 0.25) is 5.82 Å². The molecule has 2 aromatic rings. The zero-order valence-corrected chi connectivity index (χ0v) is 10.7. The molecule has 0 amide bonds. The minimum absolute atomic E-state index is 0.613. The lowest BCUT2D eigenvalue weighted by Gasteiger charge is -2.03. The monoisotopic (exact) mass is 247 g/mol. The van der Waals surface area contributed by atoms with E-state index in [1.54, 1.807) is 24.2 Å². The number of hydrogen-bond donors (Lipinski definition) is 1. The molecule has 0 unspecified atom stereocenters. The van der Waals surface area contributed by atoms with Gasteiger partial charge in [-0.25, -0.2) is 4.57 Å². The van der Waals surface area contributed by atoms with Crippen molar-refractivity contribution < 1.29 is 4.57 Å². The van der Waals surface area contributed by atoms with E-state index in [-0.39, 0.29) is 0 Å². The highest BCUT2D eigenvalue weighted by atomic mass is 32.2. The van der Waals surface area contributed by atoms with Gasteiger partial charge in [0, 0.05) is 30.0 Å². The van der Waals surface area contributed by atoms with Gasteiger partial charge in [-0.15, -0.1) is 11.8 Å². The molecule has 2 aromatic heterocycles. The van der Waals surface area contributed by atoms with E-state index in [0.29, 0.717) is 5.82 Å².